The van der Waals surface area contributed by atoms with Gasteiger partial charge in [-0.25, -0.2) is 4.39 Å². The van der Waals surface area contributed by atoms with Crippen LogP contribution in [0.3, 0.4) is 0 Å². The van der Waals surface area contributed by atoms with Crippen molar-refractivity contribution in [3.8, 4) is 0 Å². The monoisotopic (exact) mass is 350 g/mol. The molecule has 2 N–H and O–H groups in total. The van der Waals surface area contributed by atoms with Gasteiger partial charge in [0.1, 0.15) is 5.82 Å². The van der Waals surface area contributed by atoms with Crippen LogP contribution in [-0.2, 0) is 0 Å². The van der Waals surface area contributed by atoms with Gasteiger partial charge >= 0.3 is 0 Å². The van der Waals surface area contributed by atoms with Gasteiger partial charge in [-0.1, -0.05) is 15.9 Å². The smallest absolute Gasteiger partial charge is 0.258 e. The van der Waals surface area contributed by atoms with Crippen molar-refractivity contribution in [3.63, 3.8) is 0 Å². The second-order valence-electron chi connectivity index (χ2n) is 4.23. The van der Waals surface area contributed by atoms with Gasteiger partial charge < -0.3 is 10.6 Å². The number of carbonyl (C=O) groups excluding carboxylic acids is 2. The molecule has 0 aliphatic rings. The van der Waals surface area contributed by atoms with Crippen molar-refractivity contribution >= 4 is 33.4 Å². The molecule has 0 bridgehead atoms. The van der Waals surface area contributed by atoms with E-state index in [1.54, 1.807) is 24.3 Å². The highest BCUT2D eigenvalue weighted by Crippen LogP contribution is 2.17. The summed E-state index contributed by atoms with van der Waals surface area (Å²) in [6.07, 6.45) is 0. The molecule has 0 aliphatic carbocycles. The van der Waals surface area contributed by atoms with Crippen molar-refractivity contribution in [1.82, 2.24) is 5.32 Å². The van der Waals surface area contributed by atoms with Gasteiger partial charge in [-0.3, -0.25) is 9.59 Å². The third kappa shape index (κ3) is 3.66. The quantitative estimate of drug-likeness (QED) is 0.892. The Bertz CT molecular complexity index is 687. The average molecular weight is 351 g/mol. The van der Waals surface area contributed by atoms with E-state index in [0.29, 0.717) is 15.7 Å². The Morgan fingerprint density at radius 2 is 1.71 bits per heavy atom. The summed E-state index contributed by atoms with van der Waals surface area (Å²) in [6.45, 7) is 0. The SMILES string of the molecule is CNC(=O)c1ccc(NC(=O)c2cc(Br)ccc2F)cc1. The van der Waals surface area contributed by atoms with E-state index in [0.717, 1.165) is 0 Å². The van der Waals surface area contributed by atoms with Crippen LogP contribution in [0.1, 0.15) is 20.7 Å². The van der Waals surface area contributed by atoms with Gasteiger partial charge in [0.15, 0.2) is 0 Å². The predicted octanol–water partition coefficient (Wildman–Crippen LogP) is 3.20. The first kappa shape index (κ1) is 15.2. The lowest BCUT2D eigenvalue weighted by atomic mass is 10.1. The molecule has 0 spiro atoms. The van der Waals surface area contributed by atoms with Gasteiger partial charge in [0, 0.05) is 22.8 Å². The number of hydrogen-bond donors (Lipinski definition) is 2. The highest BCUT2D eigenvalue weighted by atomic mass is 79.9. The lowest BCUT2D eigenvalue weighted by Crippen LogP contribution is -2.18. The van der Waals surface area contributed by atoms with Crippen molar-refractivity contribution in [3.05, 3.63) is 63.9 Å². The molecule has 2 aromatic carbocycles. The standard InChI is InChI=1S/C15H12BrFN2O2/c1-18-14(20)9-2-5-11(6-3-9)19-15(21)12-8-10(16)4-7-13(12)17/h2-8H,1H3,(H,18,20)(H,19,21). The first-order chi connectivity index (χ1) is 10.0. The van der Waals surface area contributed by atoms with Crippen molar-refractivity contribution < 1.29 is 14.0 Å². The predicted molar refractivity (Wildman–Crippen MR) is 81.9 cm³/mol. The summed E-state index contributed by atoms with van der Waals surface area (Å²) < 4.78 is 14.2. The minimum absolute atomic E-state index is 0.0558. The summed E-state index contributed by atoms with van der Waals surface area (Å²) in [5.41, 5.74) is 0.899. The molecule has 2 amide bonds. The second kappa shape index (κ2) is 6.49. The zero-order chi connectivity index (χ0) is 15.4. The van der Waals surface area contributed by atoms with Crippen LogP contribution in [0.15, 0.2) is 46.9 Å². The van der Waals surface area contributed by atoms with E-state index in [1.807, 2.05) is 0 Å². The first-order valence-corrected chi connectivity index (χ1v) is 6.89. The molecule has 0 aliphatic heterocycles. The number of rotatable bonds is 3. The lowest BCUT2D eigenvalue weighted by Gasteiger charge is -2.07. The fourth-order valence-corrected chi connectivity index (χ4v) is 2.08. The van der Waals surface area contributed by atoms with E-state index in [1.165, 1.54) is 25.2 Å². The van der Waals surface area contributed by atoms with E-state index in [4.69, 9.17) is 0 Å². The summed E-state index contributed by atoms with van der Waals surface area (Å²) in [5.74, 6) is -1.37. The lowest BCUT2D eigenvalue weighted by molar-refractivity contribution is 0.0962. The van der Waals surface area contributed by atoms with Crippen LogP contribution in [-0.4, -0.2) is 18.9 Å². The molecule has 0 fully saturated rings. The molecule has 2 rings (SSSR count). The molecule has 2 aromatic rings. The van der Waals surface area contributed by atoms with Crippen LogP contribution in [0.2, 0.25) is 0 Å². The van der Waals surface area contributed by atoms with Crippen LogP contribution < -0.4 is 10.6 Å². The number of carbonyl (C=O) groups is 2. The summed E-state index contributed by atoms with van der Waals surface area (Å²) >= 11 is 3.19. The average Bonchev–Trinajstić information content (AvgIpc) is 2.49. The van der Waals surface area contributed by atoms with Crippen LogP contribution >= 0.6 is 15.9 Å². The molecule has 0 saturated carbocycles. The molecule has 0 heterocycles. The maximum absolute atomic E-state index is 13.6. The van der Waals surface area contributed by atoms with Crippen LogP contribution in [0.5, 0.6) is 0 Å². The molecule has 0 unspecified atom stereocenters. The second-order valence-corrected chi connectivity index (χ2v) is 5.15. The molecule has 0 saturated heterocycles. The van der Waals surface area contributed by atoms with Gasteiger partial charge in [-0.2, -0.15) is 0 Å². The summed E-state index contributed by atoms with van der Waals surface area (Å²) in [6, 6.07) is 10.5. The third-order valence-corrected chi connectivity index (χ3v) is 3.30. The zero-order valence-electron chi connectivity index (χ0n) is 11.1. The van der Waals surface area contributed by atoms with Crippen LogP contribution in [0.25, 0.3) is 0 Å². The number of nitrogens with one attached hydrogen (secondary N) is 2. The largest absolute Gasteiger partial charge is 0.355 e. The molecule has 6 heteroatoms. The van der Waals surface area contributed by atoms with Crippen molar-refractivity contribution in [1.29, 1.82) is 0 Å². The fourth-order valence-electron chi connectivity index (χ4n) is 1.72. The summed E-state index contributed by atoms with van der Waals surface area (Å²) in [4.78, 5) is 23.4. The summed E-state index contributed by atoms with van der Waals surface area (Å²) in [5, 5.41) is 5.08. The topological polar surface area (TPSA) is 58.2 Å². The highest BCUT2D eigenvalue weighted by molar-refractivity contribution is 9.10. The molecule has 0 atom stereocenters. The zero-order valence-corrected chi connectivity index (χ0v) is 12.7. The maximum Gasteiger partial charge on any atom is 0.258 e. The fraction of sp³-hybridized carbons (Fsp3) is 0.0667. The van der Waals surface area contributed by atoms with Gasteiger partial charge in [-0.15, -0.1) is 0 Å². The van der Waals surface area contributed by atoms with E-state index < -0.39 is 11.7 Å². The number of amides is 2. The van der Waals surface area contributed by atoms with Crippen molar-refractivity contribution in [2.75, 3.05) is 12.4 Å². The first-order valence-electron chi connectivity index (χ1n) is 6.10. The number of hydrogen-bond acceptors (Lipinski definition) is 2. The van der Waals surface area contributed by atoms with E-state index in [9.17, 15) is 14.0 Å². The molecular formula is C15H12BrFN2O2. The van der Waals surface area contributed by atoms with E-state index in [2.05, 4.69) is 26.6 Å². The van der Waals surface area contributed by atoms with E-state index >= 15 is 0 Å². The Hall–Kier alpha value is -2.21. The molecule has 21 heavy (non-hydrogen) atoms. The van der Waals surface area contributed by atoms with Crippen LogP contribution in [0.4, 0.5) is 10.1 Å². The van der Waals surface area contributed by atoms with Gasteiger partial charge in [0.2, 0.25) is 0 Å². The van der Waals surface area contributed by atoms with Crippen molar-refractivity contribution in [2.45, 2.75) is 0 Å². The maximum atomic E-state index is 13.6. The number of benzene rings is 2. The third-order valence-electron chi connectivity index (χ3n) is 2.81. The van der Waals surface area contributed by atoms with Crippen molar-refractivity contribution in [2.24, 2.45) is 0 Å². The normalized spacial score (nSPS) is 10.0. The highest BCUT2D eigenvalue weighted by Gasteiger charge is 2.12. The molecule has 108 valence electrons. The number of anilines is 1. The number of halogens is 2. The molecule has 4 nitrogen and oxygen atoms in total. The minimum atomic E-state index is -0.599. The Morgan fingerprint density at radius 1 is 1.05 bits per heavy atom. The molecular weight excluding hydrogens is 339 g/mol. The van der Waals surface area contributed by atoms with Crippen LogP contribution in [0, 0.1) is 5.82 Å². The Kier molecular flexibility index (Phi) is 4.70. The Labute approximate surface area is 129 Å². The Balaban J connectivity index is 2.16. The molecule has 0 radical (unpaired) electrons. The van der Waals surface area contributed by atoms with Gasteiger partial charge in [-0.05, 0) is 42.5 Å². The van der Waals surface area contributed by atoms with Gasteiger partial charge in [0.05, 0.1) is 5.56 Å². The van der Waals surface area contributed by atoms with E-state index in [-0.39, 0.29) is 11.5 Å². The molecule has 0 aromatic heterocycles. The minimum Gasteiger partial charge on any atom is -0.355 e. The van der Waals surface area contributed by atoms with Gasteiger partial charge in [0.25, 0.3) is 11.8 Å². The Morgan fingerprint density at radius 3 is 2.33 bits per heavy atom. The summed E-state index contributed by atoms with van der Waals surface area (Å²) in [7, 11) is 1.54.